The summed E-state index contributed by atoms with van der Waals surface area (Å²) in [6, 6.07) is 7.80. The molecule has 0 radical (unpaired) electrons. The van der Waals surface area contributed by atoms with Gasteiger partial charge in [-0.3, -0.25) is 0 Å². The Morgan fingerprint density at radius 3 is 2.50 bits per heavy atom. The zero-order valence-electron chi connectivity index (χ0n) is 12.8. The fraction of sp³-hybridized carbons (Fsp3) is 0.625. The average Bonchev–Trinajstić information content (AvgIpc) is 2.50. The van der Waals surface area contributed by atoms with E-state index in [9.17, 15) is 0 Å². The lowest BCUT2D eigenvalue weighted by molar-refractivity contribution is -0.00856. The van der Waals surface area contributed by atoms with Gasteiger partial charge in [0, 0.05) is 18.2 Å². The van der Waals surface area contributed by atoms with Crippen LogP contribution in [0.15, 0.2) is 24.3 Å². The van der Waals surface area contributed by atoms with Crippen LogP contribution in [-0.4, -0.2) is 33.0 Å². The van der Waals surface area contributed by atoms with E-state index in [1.54, 1.807) is 7.11 Å². The van der Waals surface area contributed by atoms with Gasteiger partial charge in [0.15, 0.2) is 0 Å². The minimum atomic E-state index is -0.165. The summed E-state index contributed by atoms with van der Waals surface area (Å²) in [4.78, 5) is 0. The Labute approximate surface area is 122 Å². The van der Waals surface area contributed by atoms with Crippen molar-refractivity contribution >= 4 is 0 Å². The highest BCUT2D eigenvalue weighted by atomic mass is 16.5. The minimum absolute atomic E-state index is 0.0579. The molecule has 0 saturated heterocycles. The standard InChI is InChI=1S/C16H27NO3/c1-4-10-19-11-12-20-16(14(17)5-2)13-8-6-7-9-15(13)18-3/h6-9,14,16H,4-5,10-12,17H2,1-3H3. The van der Waals surface area contributed by atoms with Crippen molar-refractivity contribution in [3.63, 3.8) is 0 Å². The molecule has 2 N–H and O–H groups in total. The summed E-state index contributed by atoms with van der Waals surface area (Å²) in [6.07, 6.45) is 1.70. The van der Waals surface area contributed by atoms with Crippen molar-refractivity contribution in [3.8, 4) is 5.75 Å². The molecule has 0 aliphatic carbocycles. The van der Waals surface area contributed by atoms with Gasteiger partial charge in [-0.2, -0.15) is 0 Å². The second kappa shape index (κ2) is 9.75. The van der Waals surface area contributed by atoms with Crippen molar-refractivity contribution in [3.05, 3.63) is 29.8 Å². The SMILES string of the molecule is CCCOCCOC(c1ccccc1OC)C(N)CC. The van der Waals surface area contributed by atoms with Crippen LogP contribution in [0.5, 0.6) is 5.75 Å². The molecule has 0 aliphatic rings. The molecule has 114 valence electrons. The van der Waals surface area contributed by atoms with Crippen LogP contribution in [0, 0.1) is 0 Å². The average molecular weight is 281 g/mol. The first-order valence-corrected chi connectivity index (χ1v) is 7.32. The second-order valence-corrected chi connectivity index (χ2v) is 4.72. The summed E-state index contributed by atoms with van der Waals surface area (Å²) < 4.78 is 16.8. The first kappa shape index (κ1) is 17.0. The first-order chi connectivity index (χ1) is 9.74. The van der Waals surface area contributed by atoms with Crippen molar-refractivity contribution in [2.24, 2.45) is 5.73 Å². The number of para-hydroxylation sites is 1. The zero-order chi connectivity index (χ0) is 14.8. The Morgan fingerprint density at radius 2 is 1.85 bits per heavy atom. The minimum Gasteiger partial charge on any atom is -0.496 e. The highest BCUT2D eigenvalue weighted by molar-refractivity contribution is 5.35. The lowest BCUT2D eigenvalue weighted by atomic mass is 10.00. The molecular formula is C16H27NO3. The van der Waals surface area contributed by atoms with Gasteiger partial charge in [0.1, 0.15) is 11.9 Å². The molecule has 2 unspecified atom stereocenters. The molecule has 1 aromatic carbocycles. The first-order valence-electron chi connectivity index (χ1n) is 7.32. The number of hydrogen-bond donors (Lipinski definition) is 1. The van der Waals surface area contributed by atoms with Gasteiger partial charge in [0.25, 0.3) is 0 Å². The monoisotopic (exact) mass is 281 g/mol. The predicted octanol–water partition coefficient (Wildman–Crippen LogP) is 2.92. The third-order valence-electron chi connectivity index (χ3n) is 3.18. The van der Waals surface area contributed by atoms with E-state index < -0.39 is 0 Å². The van der Waals surface area contributed by atoms with E-state index in [2.05, 4.69) is 13.8 Å². The van der Waals surface area contributed by atoms with E-state index in [0.29, 0.717) is 13.2 Å². The maximum Gasteiger partial charge on any atom is 0.124 e. The topological polar surface area (TPSA) is 53.7 Å². The third kappa shape index (κ3) is 5.12. The van der Waals surface area contributed by atoms with Crippen LogP contribution in [0.4, 0.5) is 0 Å². The molecule has 0 bridgehead atoms. The van der Waals surface area contributed by atoms with Crippen molar-refractivity contribution < 1.29 is 14.2 Å². The van der Waals surface area contributed by atoms with Crippen LogP contribution >= 0.6 is 0 Å². The molecule has 0 spiro atoms. The molecule has 1 rings (SSSR count). The van der Waals surface area contributed by atoms with E-state index in [1.165, 1.54) is 0 Å². The van der Waals surface area contributed by atoms with Crippen LogP contribution < -0.4 is 10.5 Å². The van der Waals surface area contributed by atoms with Crippen LogP contribution in [0.2, 0.25) is 0 Å². The van der Waals surface area contributed by atoms with Gasteiger partial charge in [-0.05, 0) is 18.9 Å². The van der Waals surface area contributed by atoms with Crippen LogP contribution in [-0.2, 0) is 9.47 Å². The molecule has 0 heterocycles. The quantitative estimate of drug-likeness (QED) is 0.670. The van der Waals surface area contributed by atoms with E-state index >= 15 is 0 Å². The van der Waals surface area contributed by atoms with Crippen molar-refractivity contribution in [2.45, 2.75) is 38.8 Å². The van der Waals surface area contributed by atoms with Crippen LogP contribution in [0.3, 0.4) is 0 Å². The van der Waals surface area contributed by atoms with E-state index in [-0.39, 0.29) is 12.1 Å². The normalized spacial score (nSPS) is 14.0. The number of methoxy groups -OCH3 is 1. The van der Waals surface area contributed by atoms with Crippen molar-refractivity contribution in [2.75, 3.05) is 26.9 Å². The molecular weight excluding hydrogens is 254 g/mol. The fourth-order valence-electron chi connectivity index (χ4n) is 2.04. The number of nitrogens with two attached hydrogens (primary N) is 1. The number of benzene rings is 1. The van der Waals surface area contributed by atoms with Crippen LogP contribution in [0.25, 0.3) is 0 Å². The highest BCUT2D eigenvalue weighted by Crippen LogP contribution is 2.30. The third-order valence-corrected chi connectivity index (χ3v) is 3.18. The van der Waals surface area contributed by atoms with Gasteiger partial charge in [0.05, 0.1) is 20.3 Å². The molecule has 20 heavy (non-hydrogen) atoms. The predicted molar refractivity (Wildman–Crippen MR) is 81.1 cm³/mol. The Morgan fingerprint density at radius 1 is 1.10 bits per heavy atom. The molecule has 0 fully saturated rings. The Hall–Kier alpha value is -1.10. The zero-order valence-corrected chi connectivity index (χ0v) is 12.8. The molecule has 4 heteroatoms. The summed E-state index contributed by atoms with van der Waals surface area (Å²) in [5.41, 5.74) is 7.19. The Kier molecular flexibility index (Phi) is 8.26. The Bertz CT molecular complexity index is 370. The smallest absolute Gasteiger partial charge is 0.124 e. The molecule has 4 nitrogen and oxygen atoms in total. The molecule has 0 aliphatic heterocycles. The second-order valence-electron chi connectivity index (χ2n) is 4.72. The van der Waals surface area contributed by atoms with E-state index in [1.807, 2.05) is 24.3 Å². The van der Waals surface area contributed by atoms with Gasteiger partial charge in [0.2, 0.25) is 0 Å². The van der Waals surface area contributed by atoms with Gasteiger partial charge < -0.3 is 19.9 Å². The van der Waals surface area contributed by atoms with Gasteiger partial charge in [-0.15, -0.1) is 0 Å². The number of rotatable bonds is 10. The summed E-state index contributed by atoms with van der Waals surface area (Å²) in [7, 11) is 1.66. The highest BCUT2D eigenvalue weighted by Gasteiger charge is 2.22. The van der Waals surface area contributed by atoms with Crippen LogP contribution in [0.1, 0.15) is 38.4 Å². The summed E-state index contributed by atoms with van der Waals surface area (Å²) >= 11 is 0. The van der Waals surface area contributed by atoms with Crippen molar-refractivity contribution in [1.29, 1.82) is 0 Å². The van der Waals surface area contributed by atoms with E-state index in [4.69, 9.17) is 19.9 Å². The van der Waals surface area contributed by atoms with Gasteiger partial charge in [-0.25, -0.2) is 0 Å². The molecule has 1 aromatic rings. The lowest BCUT2D eigenvalue weighted by Crippen LogP contribution is -2.30. The van der Waals surface area contributed by atoms with E-state index in [0.717, 1.165) is 30.8 Å². The van der Waals surface area contributed by atoms with Crippen molar-refractivity contribution in [1.82, 2.24) is 0 Å². The Balaban J connectivity index is 2.68. The van der Waals surface area contributed by atoms with Gasteiger partial charge >= 0.3 is 0 Å². The fourth-order valence-corrected chi connectivity index (χ4v) is 2.04. The molecule has 2 atom stereocenters. The maximum atomic E-state index is 6.19. The molecule has 0 saturated carbocycles. The van der Waals surface area contributed by atoms with Gasteiger partial charge in [-0.1, -0.05) is 32.0 Å². The molecule has 0 aromatic heterocycles. The summed E-state index contributed by atoms with van der Waals surface area (Å²) in [5.74, 6) is 0.816. The number of ether oxygens (including phenoxy) is 3. The largest absolute Gasteiger partial charge is 0.496 e. The number of hydrogen-bond acceptors (Lipinski definition) is 4. The lowest BCUT2D eigenvalue weighted by Gasteiger charge is -2.25. The summed E-state index contributed by atoms with van der Waals surface area (Å²) in [6.45, 7) is 6.05. The maximum absolute atomic E-state index is 6.19. The molecule has 0 amide bonds. The summed E-state index contributed by atoms with van der Waals surface area (Å²) in [5, 5.41) is 0.